The maximum absolute atomic E-state index is 11.0. The Labute approximate surface area is 112 Å². The van der Waals surface area contributed by atoms with E-state index in [1.807, 2.05) is 6.07 Å². The quantitative estimate of drug-likeness (QED) is 0.514. The number of nitrogens with zero attached hydrogens (tertiary/aromatic N) is 6. The van der Waals surface area contributed by atoms with Gasteiger partial charge in [0.15, 0.2) is 0 Å². The Morgan fingerprint density at radius 2 is 2.15 bits per heavy atom. The van der Waals surface area contributed by atoms with Gasteiger partial charge in [0.1, 0.15) is 12.4 Å². The van der Waals surface area contributed by atoms with Gasteiger partial charge in [-0.3, -0.25) is 15.1 Å². The smallest absolute Gasteiger partial charge is 0.264 e. The standard InChI is InChI=1S/C12H6N6O2/c13-5-12-15-7-17(16-12)10-1-2-11(18(19)20)9-6-14-4-3-8(9)10/h1-4,6-7H. The van der Waals surface area contributed by atoms with Crippen molar-refractivity contribution in [2.24, 2.45) is 0 Å². The third kappa shape index (κ3) is 1.74. The number of aromatic nitrogens is 4. The van der Waals surface area contributed by atoms with E-state index in [1.165, 1.54) is 29.5 Å². The van der Waals surface area contributed by atoms with Crippen LogP contribution >= 0.6 is 0 Å². The molecule has 0 aliphatic carbocycles. The van der Waals surface area contributed by atoms with Crippen molar-refractivity contribution in [2.75, 3.05) is 0 Å². The van der Waals surface area contributed by atoms with Gasteiger partial charge in [-0.15, -0.1) is 5.10 Å². The fourth-order valence-electron chi connectivity index (χ4n) is 1.95. The number of pyridine rings is 1. The first-order valence-electron chi connectivity index (χ1n) is 5.54. The van der Waals surface area contributed by atoms with Gasteiger partial charge in [0.25, 0.3) is 11.5 Å². The lowest BCUT2D eigenvalue weighted by Crippen LogP contribution is -1.99. The fourth-order valence-corrected chi connectivity index (χ4v) is 1.95. The Morgan fingerprint density at radius 1 is 1.30 bits per heavy atom. The number of fused-ring (bicyclic) bond motifs is 1. The van der Waals surface area contributed by atoms with Gasteiger partial charge >= 0.3 is 0 Å². The van der Waals surface area contributed by atoms with Crippen molar-refractivity contribution in [2.45, 2.75) is 0 Å². The van der Waals surface area contributed by atoms with Crippen molar-refractivity contribution in [1.82, 2.24) is 19.7 Å². The molecule has 0 atom stereocenters. The van der Waals surface area contributed by atoms with Gasteiger partial charge in [-0.25, -0.2) is 9.67 Å². The van der Waals surface area contributed by atoms with Crippen molar-refractivity contribution in [3.8, 4) is 11.8 Å². The van der Waals surface area contributed by atoms with Crippen LogP contribution in [0, 0.1) is 21.4 Å². The predicted molar refractivity (Wildman–Crippen MR) is 68.0 cm³/mol. The molecular weight excluding hydrogens is 260 g/mol. The normalized spacial score (nSPS) is 10.3. The lowest BCUT2D eigenvalue weighted by Gasteiger charge is -2.05. The molecule has 0 spiro atoms. The summed E-state index contributed by atoms with van der Waals surface area (Å²) in [5, 5.41) is 24.8. The van der Waals surface area contributed by atoms with Crippen LogP contribution in [0.5, 0.6) is 0 Å². The molecule has 0 N–H and O–H groups in total. The molecule has 0 bridgehead atoms. The van der Waals surface area contributed by atoms with Crippen LogP contribution in [0.4, 0.5) is 5.69 Å². The highest BCUT2D eigenvalue weighted by Crippen LogP contribution is 2.29. The Bertz CT molecular complexity index is 864. The fraction of sp³-hybridized carbons (Fsp3) is 0. The third-order valence-electron chi connectivity index (χ3n) is 2.81. The van der Waals surface area contributed by atoms with E-state index in [0.29, 0.717) is 16.5 Å². The summed E-state index contributed by atoms with van der Waals surface area (Å²) in [6.45, 7) is 0. The SMILES string of the molecule is N#Cc1ncn(-c2ccc([N+](=O)[O-])c3cnccc23)n1. The summed E-state index contributed by atoms with van der Waals surface area (Å²) >= 11 is 0. The van der Waals surface area contributed by atoms with Crippen molar-refractivity contribution < 1.29 is 4.92 Å². The summed E-state index contributed by atoms with van der Waals surface area (Å²) in [6, 6.07) is 6.44. The number of nitro groups is 1. The molecule has 96 valence electrons. The van der Waals surface area contributed by atoms with Crippen LogP contribution in [0.15, 0.2) is 36.9 Å². The van der Waals surface area contributed by atoms with Crippen molar-refractivity contribution in [1.29, 1.82) is 5.26 Å². The van der Waals surface area contributed by atoms with Crippen LogP contribution in [-0.4, -0.2) is 24.7 Å². The molecule has 0 amide bonds. The molecule has 3 rings (SSSR count). The average molecular weight is 266 g/mol. The number of nitriles is 1. The summed E-state index contributed by atoms with van der Waals surface area (Å²) in [6.07, 6.45) is 4.36. The lowest BCUT2D eigenvalue weighted by atomic mass is 10.1. The molecule has 0 aliphatic heterocycles. The first-order valence-corrected chi connectivity index (χ1v) is 5.54. The van der Waals surface area contributed by atoms with Gasteiger partial charge < -0.3 is 0 Å². The zero-order valence-electron chi connectivity index (χ0n) is 9.96. The highest BCUT2D eigenvalue weighted by atomic mass is 16.6. The third-order valence-corrected chi connectivity index (χ3v) is 2.81. The second-order valence-corrected chi connectivity index (χ2v) is 3.91. The molecule has 20 heavy (non-hydrogen) atoms. The van der Waals surface area contributed by atoms with Crippen molar-refractivity contribution in [3.05, 3.63) is 52.9 Å². The van der Waals surface area contributed by atoms with Crippen molar-refractivity contribution in [3.63, 3.8) is 0 Å². The topological polar surface area (TPSA) is 111 Å². The summed E-state index contributed by atoms with van der Waals surface area (Å²) in [4.78, 5) is 18.3. The number of rotatable bonds is 2. The maximum atomic E-state index is 11.0. The first-order chi connectivity index (χ1) is 9.70. The number of nitro benzene ring substituents is 1. The molecule has 0 fully saturated rings. The molecular formula is C12H6N6O2. The van der Waals surface area contributed by atoms with Gasteiger partial charge in [-0.2, -0.15) is 5.26 Å². The first kappa shape index (κ1) is 11.7. The number of non-ortho nitro benzene ring substituents is 1. The monoisotopic (exact) mass is 266 g/mol. The average Bonchev–Trinajstić information content (AvgIpc) is 2.94. The second-order valence-electron chi connectivity index (χ2n) is 3.91. The molecule has 0 unspecified atom stereocenters. The zero-order valence-corrected chi connectivity index (χ0v) is 9.96. The van der Waals surface area contributed by atoms with Gasteiger partial charge in [0.2, 0.25) is 0 Å². The summed E-state index contributed by atoms with van der Waals surface area (Å²) in [7, 11) is 0. The highest BCUT2D eigenvalue weighted by Gasteiger charge is 2.15. The number of hydrogen-bond acceptors (Lipinski definition) is 6. The van der Waals surface area contributed by atoms with Gasteiger partial charge in [-0.1, -0.05) is 0 Å². The largest absolute Gasteiger partial charge is 0.278 e. The number of benzene rings is 1. The van der Waals surface area contributed by atoms with Crippen molar-refractivity contribution >= 4 is 16.5 Å². The number of hydrogen-bond donors (Lipinski definition) is 0. The summed E-state index contributed by atoms with van der Waals surface area (Å²) in [5.41, 5.74) is 0.569. The molecule has 3 aromatic rings. The van der Waals surface area contributed by atoms with E-state index in [0.717, 1.165) is 0 Å². The Balaban J connectivity index is 2.30. The van der Waals surface area contributed by atoms with Crippen LogP contribution in [-0.2, 0) is 0 Å². The molecule has 0 saturated carbocycles. The van der Waals surface area contributed by atoms with Crippen LogP contribution in [0.25, 0.3) is 16.5 Å². The van der Waals surface area contributed by atoms with E-state index < -0.39 is 4.92 Å². The van der Waals surface area contributed by atoms with Crippen LogP contribution in [0.2, 0.25) is 0 Å². The highest BCUT2D eigenvalue weighted by molar-refractivity contribution is 5.96. The van der Waals surface area contributed by atoms with E-state index in [2.05, 4.69) is 15.1 Å². The molecule has 0 aliphatic rings. The van der Waals surface area contributed by atoms with Crippen LogP contribution in [0.1, 0.15) is 5.82 Å². The predicted octanol–water partition coefficient (Wildman–Crippen LogP) is 1.60. The zero-order chi connectivity index (χ0) is 14.1. The summed E-state index contributed by atoms with van der Waals surface area (Å²) in [5.74, 6) is 0.0329. The van der Waals surface area contributed by atoms with Gasteiger partial charge in [0.05, 0.1) is 16.0 Å². The molecule has 0 radical (unpaired) electrons. The molecule has 1 aromatic carbocycles. The van der Waals surface area contributed by atoms with Crippen LogP contribution in [0.3, 0.4) is 0 Å². The Kier molecular flexibility index (Phi) is 2.58. The van der Waals surface area contributed by atoms with E-state index in [1.54, 1.807) is 12.1 Å². The molecule has 8 heteroatoms. The molecule has 0 saturated heterocycles. The lowest BCUT2D eigenvalue weighted by molar-refractivity contribution is -0.383. The molecule has 8 nitrogen and oxygen atoms in total. The molecule has 2 aromatic heterocycles. The Morgan fingerprint density at radius 3 is 2.85 bits per heavy atom. The second kappa shape index (κ2) is 4.40. The Hall–Kier alpha value is -3.34. The summed E-state index contributed by atoms with van der Waals surface area (Å²) < 4.78 is 1.41. The van der Waals surface area contributed by atoms with Gasteiger partial charge in [0, 0.05) is 23.8 Å². The van der Waals surface area contributed by atoms with Crippen LogP contribution < -0.4 is 0 Å². The van der Waals surface area contributed by atoms with E-state index in [-0.39, 0.29) is 11.5 Å². The minimum atomic E-state index is -0.462. The van der Waals surface area contributed by atoms with E-state index >= 15 is 0 Å². The van der Waals surface area contributed by atoms with Gasteiger partial charge in [-0.05, 0) is 12.1 Å². The minimum absolute atomic E-state index is 0.0301. The minimum Gasteiger partial charge on any atom is -0.264 e. The maximum Gasteiger partial charge on any atom is 0.278 e. The molecule has 2 heterocycles. The van der Waals surface area contributed by atoms with E-state index in [4.69, 9.17) is 5.26 Å². The van der Waals surface area contributed by atoms with E-state index in [9.17, 15) is 10.1 Å².